The van der Waals surface area contributed by atoms with Crippen LogP contribution in [0.2, 0.25) is 0 Å². The zero-order valence-corrected chi connectivity index (χ0v) is 29.0. The highest BCUT2D eigenvalue weighted by atomic mass is 19.1. The second-order valence-corrected chi connectivity index (χ2v) is 13.7. The van der Waals surface area contributed by atoms with Gasteiger partial charge in [0.15, 0.2) is 0 Å². The predicted octanol–water partition coefficient (Wildman–Crippen LogP) is 7.08. The van der Waals surface area contributed by atoms with E-state index in [1.807, 2.05) is 48.7 Å². The van der Waals surface area contributed by atoms with Gasteiger partial charge in [-0.15, -0.1) is 0 Å². The minimum absolute atomic E-state index is 0.0798. The van der Waals surface area contributed by atoms with Gasteiger partial charge in [-0.1, -0.05) is 66.7 Å². The molecule has 2 aliphatic heterocycles. The molecule has 0 saturated carbocycles. The topological polar surface area (TPSA) is 136 Å². The van der Waals surface area contributed by atoms with Crippen molar-refractivity contribution >= 4 is 39.4 Å². The molecule has 11 nitrogen and oxygen atoms in total. The molecule has 262 valence electrons. The molecule has 0 radical (unpaired) electrons. The van der Waals surface area contributed by atoms with Crippen LogP contribution in [0.15, 0.2) is 122 Å². The van der Waals surface area contributed by atoms with Crippen molar-refractivity contribution in [3.05, 3.63) is 139 Å². The van der Waals surface area contributed by atoms with E-state index in [0.29, 0.717) is 30.3 Å². The zero-order valence-electron chi connectivity index (χ0n) is 29.0. The van der Waals surface area contributed by atoms with Crippen LogP contribution < -0.4 is 15.5 Å². The average molecular weight is 710 g/mol. The van der Waals surface area contributed by atoms with E-state index in [2.05, 4.69) is 55.1 Å². The van der Waals surface area contributed by atoms with Crippen LogP contribution in [0, 0.1) is 5.82 Å². The van der Waals surface area contributed by atoms with Crippen molar-refractivity contribution in [1.29, 1.82) is 0 Å². The van der Waals surface area contributed by atoms with Crippen molar-refractivity contribution in [3.63, 3.8) is 0 Å². The van der Waals surface area contributed by atoms with Gasteiger partial charge in [0.2, 0.25) is 11.9 Å². The van der Waals surface area contributed by atoms with Crippen molar-refractivity contribution in [2.24, 2.45) is 0 Å². The van der Waals surface area contributed by atoms with Gasteiger partial charge < -0.3 is 15.5 Å². The third-order valence-corrected chi connectivity index (χ3v) is 10.3. The monoisotopic (exact) mass is 709 g/mol. The standard InChI is InChI=1S/C42H32FN11/c43-32-19-27(13-14-33(32)44)38-40(48-18-16-46-38)30-23-54(24-30)42-51-35-8-4-2-6-31(35)36(52-42)25-9-11-26(12-10-25)37-39(47-17-15-45-37)29-21-53(22-29)41-49-20-28-5-1-3-7-34(28)50-41/h1-20,29-30H,21-24,44H2. The number of nitrogens with two attached hydrogens (primary N) is 1. The SMILES string of the molecule is Nc1ccc(-c2nccnc2C2CN(c3nc(-c4ccc(-c5nccnc5C5CN(c6ncc7ccccc7n6)C5)cc4)c4ccccc4n3)C2)cc1F. The van der Waals surface area contributed by atoms with Crippen LogP contribution in [-0.2, 0) is 0 Å². The first-order valence-electron chi connectivity index (χ1n) is 17.8. The van der Waals surface area contributed by atoms with Gasteiger partial charge >= 0.3 is 0 Å². The summed E-state index contributed by atoms with van der Waals surface area (Å²) < 4.78 is 14.4. The number of nitrogens with zero attached hydrogens (tertiary/aromatic N) is 10. The van der Waals surface area contributed by atoms with Crippen LogP contribution in [0.25, 0.3) is 55.6 Å². The van der Waals surface area contributed by atoms with Crippen LogP contribution in [0.5, 0.6) is 0 Å². The van der Waals surface area contributed by atoms with Crippen LogP contribution in [0.4, 0.5) is 22.0 Å². The maximum Gasteiger partial charge on any atom is 0.226 e. The molecule has 2 fully saturated rings. The molecule has 54 heavy (non-hydrogen) atoms. The van der Waals surface area contributed by atoms with Gasteiger partial charge in [-0.2, -0.15) is 0 Å². The van der Waals surface area contributed by atoms with E-state index in [1.165, 1.54) is 6.07 Å². The largest absolute Gasteiger partial charge is 0.396 e. The number of fused-ring (bicyclic) bond motifs is 2. The Bertz CT molecular complexity index is 2690. The summed E-state index contributed by atoms with van der Waals surface area (Å²) in [5, 5.41) is 2.00. The summed E-state index contributed by atoms with van der Waals surface area (Å²) >= 11 is 0. The van der Waals surface area contributed by atoms with Crippen molar-refractivity contribution in [1.82, 2.24) is 39.9 Å². The Hall–Kier alpha value is -6.95. The maximum atomic E-state index is 14.4. The minimum atomic E-state index is -0.473. The summed E-state index contributed by atoms with van der Waals surface area (Å²) in [4.78, 5) is 42.6. The Kier molecular flexibility index (Phi) is 7.60. The Morgan fingerprint density at radius 2 is 1.09 bits per heavy atom. The molecule has 10 rings (SSSR count). The molecule has 2 aliphatic rings. The van der Waals surface area contributed by atoms with Gasteiger partial charge in [0.25, 0.3) is 0 Å². The second kappa shape index (κ2) is 12.9. The van der Waals surface area contributed by atoms with Gasteiger partial charge in [-0.25, -0.2) is 24.3 Å². The van der Waals surface area contributed by atoms with Gasteiger partial charge in [0, 0.05) is 96.5 Å². The fourth-order valence-electron chi connectivity index (χ4n) is 7.37. The Morgan fingerprint density at radius 3 is 1.80 bits per heavy atom. The normalized spacial score (nSPS) is 14.7. The number of nitrogen functional groups attached to an aromatic ring is 1. The van der Waals surface area contributed by atoms with Gasteiger partial charge in [-0.05, 0) is 24.3 Å². The number of anilines is 3. The van der Waals surface area contributed by atoms with E-state index in [-0.39, 0.29) is 17.5 Å². The lowest BCUT2D eigenvalue weighted by atomic mass is 9.92. The molecule has 4 aromatic heterocycles. The molecule has 0 aliphatic carbocycles. The summed E-state index contributed by atoms with van der Waals surface area (Å²) in [7, 11) is 0. The van der Waals surface area contributed by atoms with E-state index in [0.717, 1.165) is 74.7 Å². The molecular formula is C42H32FN11. The van der Waals surface area contributed by atoms with Gasteiger partial charge in [-0.3, -0.25) is 19.9 Å². The van der Waals surface area contributed by atoms with E-state index in [4.69, 9.17) is 30.7 Å². The fraction of sp³-hybridized carbons (Fsp3) is 0.143. The van der Waals surface area contributed by atoms with E-state index in [1.54, 1.807) is 36.9 Å². The maximum absolute atomic E-state index is 14.4. The lowest BCUT2D eigenvalue weighted by Gasteiger charge is -2.39. The molecule has 0 amide bonds. The molecule has 8 aromatic rings. The van der Waals surface area contributed by atoms with Crippen LogP contribution in [0.3, 0.4) is 0 Å². The Morgan fingerprint density at radius 1 is 0.537 bits per heavy atom. The zero-order chi connectivity index (χ0) is 36.2. The first-order valence-corrected chi connectivity index (χ1v) is 17.8. The molecule has 0 unspecified atom stereocenters. The summed E-state index contributed by atoms with van der Waals surface area (Å²) in [5.41, 5.74) is 14.4. The fourth-order valence-corrected chi connectivity index (χ4v) is 7.37. The number of halogens is 1. The number of hydrogen-bond acceptors (Lipinski definition) is 11. The van der Waals surface area contributed by atoms with E-state index in [9.17, 15) is 4.39 Å². The van der Waals surface area contributed by atoms with Gasteiger partial charge in [0.05, 0.1) is 45.2 Å². The molecule has 0 bridgehead atoms. The predicted molar refractivity (Wildman–Crippen MR) is 207 cm³/mol. The Labute approximate surface area is 309 Å². The first-order chi connectivity index (χ1) is 26.6. The van der Waals surface area contributed by atoms with Crippen LogP contribution in [-0.4, -0.2) is 66.1 Å². The molecule has 4 aromatic carbocycles. The smallest absolute Gasteiger partial charge is 0.226 e. The molecule has 0 spiro atoms. The van der Waals surface area contributed by atoms with Crippen LogP contribution >= 0.6 is 0 Å². The van der Waals surface area contributed by atoms with Crippen molar-refractivity contribution < 1.29 is 4.39 Å². The third-order valence-electron chi connectivity index (χ3n) is 10.3. The summed E-state index contributed by atoms with van der Waals surface area (Å²) in [6.45, 7) is 2.85. The second-order valence-electron chi connectivity index (χ2n) is 13.7. The molecule has 6 heterocycles. The molecule has 2 saturated heterocycles. The molecular weight excluding hydrogens is 678 g/mol. The number of aromatic nitrogens is 8. The van der Waals surface area contributed by atoms with Crippen molar-refractivity contribution in [2.45, 2.75) is 11.8 Å². The number of rotatable bonds is 7. The van der Waals surface area contributed by atoms with E-state index < -0.39 is 5.82 Å². The number of para-hydroxylation sites is 2. The number of benzene rings is 4. The van der Waals surface area contributed by atoms with Crippen molar-refractivity contribution in [2.75, 3.05) is 41.7 Å². The minimum Gasteiger partial charge on any atom is -0.396 e. The van der Waals surface area contributed by atoms with E-state index >= 15 is 0 Å². The highest BCUT2D eigenvalue weighted by Gasteiger charge is 2.35. The van der Waals surface area contributed by atoms with Gasteiger partial charge in [0.1, 0.15) is 5.82 Å². The summed E-state index contributed by atoms with van der Waals surface area (Å²) in [5.74, 6) is 1.20. The molecule has 12 heteroatoms. The average Bonchev–Trinajstić information content (AvgIpc) is 3.18. The quantitative estimate of drug-likeness (QED) is 0.170. The molecule has 2 N–H and O–H groups in total. The first kappa shape index (κ1) is 31.8. The molecule has 0 atom stereocenters. The highest BCUT2D eigenvalue weighted by Crippen LogP contribution is 2.38. The number of hydrogen-bond donors (Lipinski definition) is 1. The lowest BCUT2D eigenvalue weighted by Crippen LogP contribution is -2.46. The highest BCUT2D eigenvalue weighted by molar-refractivity contribution is 5.93. The lowest BCUT2D eigenvalue weighted by molar-refractivity contribution is 0.504. The Balaban J connectivity index is 0.896. The third kappa shape index (κ3) is 5.59. The van der Waals surface area contributed by atoms with Crippen molar-refractivity contribution in [3.8, 4) is 33.8 Å². The van der Waals surface area contributed by atoms with Crippen LogP contribution in [0.1, 0.15) is 23.2 Å². The summed E-state index contributed by atoms with van der Waals surface area (Å²) in [6.07, 6.45) is 8.70. The summed E-state index contributed by atoms with van der Waals surface area (Å²) in [6, 6.07) is 29.2.